The van der Waals surface area contributed by atoms with Gasteiger partial charge in [0.1, 0.15) is 5.75 Å². The van der Waals surface area contributed by atoms with Crippen LogP contribution in [-0.2, 0) is 0 Å². The van der Waals surface area contributed by atoms with Crippen molar-refractivity contribution >= 4 is 46.7 Å². The minimum Gasteiger partial charge on any atom is -0.506 e. The largest absolute Gasteiger partial charge is 0.506 e. The molecule has 2 aromatic carbocycles. The first-order chi connectivity index (χ1) is 19.1. The molecule has 10 N–H and O–H groups in total. The number of aliphatic hydroxyl groups is 1. The Balaban J connectivity index is 1.39. The van der Waals surface area contributed by atoms with Gasteiger partial charge < -0.3 is 47.8 Å². The van der Waals surface area contributed by atoms with E-state index in [1.54, 1.807) is 36.4 Å². The number of anilines is 5. The first kappa shape index (κ1) is 27.8. The van der Waals surface area contributed by atoms with Gasteiger partial charge in [-0.1, -0.05) is 11.6 Å². The number of amides is 1. The number of hydrogen-bond donors (Lipinski definition) is 7. The molecule has 4 atom stereocenters. The molecule has 2 saturated heterocycles. The molecule has 3 aromatic rings. The van der Waals surface area contributed by atoms with Crippen molar-refractivity contribution in [3.63, 3.8) is 0 Å². The number of phenolic OH excluding ortho intramolecular Hbond substituents is 1. The smallest absolute Gasteiger partial charge is 0.255 e. The summed E-state index contributed by atoms with van der Waals surface area (Å²) in [5, 5.41) is 27.2. The molecule has 5 rings (SSSR count). The van der Waals surface area contributed by atoms with Gasteiger partial charge in [-0.2, -0.15) is 15.0 Å². The summed E-state index contributed by atoms with van der Waals surface area (Å²) in [6.07, 6.45) is 0.590. The second-order valence-corrected chi connectivity index (χ2v) is 10.7. The minimum absolute atomic E-state index is 0.127. The predicted molar refractivity (Wildman–Crippen MR) is 154 cm³/mol. The lowest BCUT2D eigenvalue weighted by atomic mass is 10.0. The maximum Gasteiger partial charge on any atom is 0.255 e. The van der Waals surface area contributed by atoms with Crippen molar-refractivity contribution in [2.45, 2.75) is 37.1 Å². The molecule has 1 aromatic heterocycles. The number of carbonyl (C=O) groups excluding carboxylic acids is 1. The molecule has 2 aliphatic heterocycles. The predicted octanol–water partition coefficient (Wildman–Crippen LogP) is 0.990. The van der Waals surface area contributed by atoms with Gasteiger partial charge in [0.15, 0.2) is 0 Å². The molecule has 40 heavy (non-hydrogen) atoms. The average Bonchev–Trinajstić information content (AvgIpc) is 2.89. The number of halogens is 1. The third kappa shape index (κ3) is 6.69. The van der Waals surface area contributed by atoms with E-state index in [0.717, 1.165) is 0 Å². The zero-order valence-corrected chi connectivity index (χ0v) is 22.5. The quantitative estimate of drug-likeness (QED) is 0.208. The van der Waals surface area contributed by atoms with E-state index in [2.05, 4.69) is 25.6 Å². The second-order valence-electron chi connectivity index (χ2n) is 10.3. The lowest BCUT2D eigenvalue weighted by Crippen LogP contribution is -2.53. The molecule has 0 bridgehead atoms. The van der Waals surface area contributed by atoms with E-state index < -0.39 is 6.10 Å². The van der Waals surface area contributed by atoms with Gasteiger partial charge in [-0.05, 0) is 49.2 Å². The molecular weight excluding hydrogens is 536 g/mol. The molecule has 0 saturated carbocycles. The van der Waals surface area contributed by atoms with Gasteiger partial charge in [-0.25, -0.2) is 0 Å². The number of hydrogen-bond acceptors (Lipinski definition) is 12. The van der Waals surface area contributed by atoms with E-state index in [-0.39, 0.29) is 41.4 Å². The lowest BCUT2D eigenvalue weighted by molar-refractivity contribution is 0.102. The van der Waals surface area contributed by atoms with E-state index >= 15 is 0 Å². The average molecular weight is 569 g/mol. The number of phenols is 1. The maximum absolute atomic E-state index is 12.6. The zero-order valence-electron chi connectivity index (χ0n) is 21.7. The molecular formula is C26H33ClN10O3. The molecule has 13 nitrogen and oxygen atoms in total. The molecule has 0 spiro atoms. The van der Waals surface area contributed by atoms with E-state index in [4.69, 9.17) is 28.8 Å². The number of nitrogens with one attached hydrogen (secondary N) is 2. The molecule has 212 valence electrons. The Morgan fingerprint density at radius 3 is 2.08 bits per heavy atom. The highest BCUT2D eigenvalue weighted by molar-refractivity contribution is 6.30. The van der Waals surface area contributed by atoms with Crippen LogP contribution in [0, 0.1) is 0 Å². The third-order valence-electron chi connectivity index (χ3n) is 6.76. The third-order valence-corrected chi connectivity index (χ3v) is 7.01. The molecule has 0 aliphatic carbocycles. The number of benzene rings is 2. The van der Waals surface area contributed by atoms with Crippen LogP contribution in [0.15, 0.2) is 42.5 Å². The lowest BCUT2D eigenvalue weighted by Gasteiger charge is -2.36. The molecule has 2 aliphatic rings. The van der Waals surface area contributed by atoms with Gasteiger partial charge in [-0.3, -0.25) is 4.79 Å². The van der Waals surface area contributed by atoms with Gasteiger partial charge in [0.05, 0.1) is 11.8 Å². The summed E-state index contributed by atoms with van der Waals surface area (Å²) in [5.74, 6) is 0.422. The van der Waals surface area contributed by atoms with Crippen molar-refractivity contribution in [3.8, 4) is 5.75 Å². The van der Waals surface area contributed by atoms with Gasteiger partial charge in [0, 0.05) is 66.6 Å². The monoisotopic (exact) mass is 568 g/mol. The van der Waals surface area contributed by atoms with E-state index in [1.165, 1.54) is 6.07 Å². The normalized spacial score (nSPS) is 23.1. The molecule has 0 radical (unpaired) electrons. The summed E-state index contributed by atoms with van der Waals surface area (Å²) in [7, 11) is 0. The Bertz CT molecular complexity index is 1300. The van der Waals surface area contributed by atoms with Crippen LogP contribution in [0.25, 0.3) is 0 Å². The number of aromatic nitrogens is 3. The summed E-state index contributed by atoms with van der Waals surface area (Å²) in [6.45, 7) is 1.86. The van der Waals surface area contributed by atoms with Gasteiger partial charge >= 0.3 is 0 Å². The van der Waals surface area contributed by atoms with Crippen molar-refractivity contribution in [1.82, 2.24) is 15.0 Å². The number of aliphatic hydroxyl groups excluding tert-OH is 1. The van der Waals surface area contributed by atoms with Gasteiger partial charge in [0.25, 0.3) is 5.91 Å². The number of rotatable bonds is 6. The number of nitrogens with two attached hydrogens (primary N) is 3. The van der Waals surface area contributed by atoms with E-state index in [1.807, 2.05) is 9.80 Å². The molecule has 14 heteroatoms. The Morgan fingerprint density at radius 2 is 1.48 bits per heavy atom. The molecule has 3 heterocycles. The number of piperidine rings is 2. The van der Waals surface area contributed by atoms with Crippen LogP contribution in [0.1, 0.15) is 23.2 Å². The Kier molecular flexibility index (Phi) is 8.19. The number of nitrogens with zero attached hydrogens (tertiary/aromatic N) is 5. The molecule has 1 amide bonds. The second kappa shape index (κ2) is 11.8. The van der Waals surface area contributed by atoms with E-state index in [0.29, 0.717) is 67.2 Å². The van der Waals surface area contributed by atoms with Crippen LogP contribution >= 0.6 is 11.6 Å². The van der Waals surface area contributed by atoms with Crippen LogP contribution in [0.4, 0.5) is 29.2 Å². The van der Waals surface area contributed by atoms with Gasteiger partial charge in [-0.15, -0.1) is 0 Å². The van der Waals surface area contributed by atoms with Crippen molar-refractivity contribution < 1.29 is 15.0 Å². The van der Waals surface area contributed by atoms with Crippen molar-refractivity contribution in [3.05, 3.63) is 53.1 Å². The first-order valence-electron chi connectivity index (χ1n) is 13.0. The molecule has 2 fully saturated rings. The number of aromatic hydroxyl groups is 1. The standard InChI is InChI=1S/C26H33ClN10O3/c27-15-3-1-14(2-4-15)23(40)32-21-6-5-19(9-22(21)39)31-24-33-25(36-10-16(28)7-17(29)11-36)35-26(34-24)37-12-18(30)8-20(38)13-37/h1-6,9,16-18,20,38-39H,7-8,10-13,28-30H2,(H,32,40)(H,31,33,34,35)/t16-,17+,18-,20+/m1/s1. The fraction of sp³-hybridized carbons (Fsp3) is 0.385. The minimum atomic E-state index is -0.607. The van der Waals surface area contributed by atoms with Crippen molar-refractivity contribution in [1.29, 1.82) is 0 Å². The van der Waals surface area contributed by atoms with Crippen LogP contribution < -0.4 is 37.6 Å². The first-order valence-corrected chi connectivity index (χ1v) is 13.4. The fourth-order valence-electron chi connectivity index (χ4n) is 4.95. The summed E-state index contributed by atoms with van der Waals surface area (Å²) in [6, 6.07) is 10.6. The summed E-state index contributed by atoms with van der Waals surface area (Å²) < 4.78 is 0. The summed E-state index contributed by atoms with van der Waals surface area (Å²) in [5.41, 5.74) is 19.7. The topological polar surface area (TPSA) is 205 Å². The van der Waals surface area contributed by atoms with Crippen LogP contribution in [0.5, 0.6) is 5.75 Å². The fourth-order valence-corrected chi connectivity index (χ4v) is 5.07. The van der Waals surface area contributed by atoms with Gasteiger partial charge in [0.2, 0.25) is 17.8 Å². The number of carbonyl (C=O) groups is 1. The highest BCUT2D eigenvalue weighted by Crippen LogP contribution is 2.30. The highest BCUT2D eigenvalue weighted by Gasteiger charge is 2.29. The number of β-amino-alcohol motifs (C(OH)–C–C–N with tert-alkyl or cyclic N) is 1. The Morgan fingerprint density at radius 1 is 0.875 bits per heavy atom. The SMILES string of the molecule is N[C@@H]1C[C@H](N)CN(c2nc(Nc3ccc(NC(=O)c4ccc(Cl)cc4)c(O)c3)nc(N3C[C@H](N)C[C@H](O)C3)n2)C1. The van der Waals surface area contributed by atoms with E-state index in [9.17, 15) is 15.0 Å². The maximum atomic E-state index is 12.6. The highest BCUT2D eigenvalue weighted by atomic mass is 35.5. The van der Waals surface area contributed by atoms with Crippen molar-refractivity contribution in [2.75, 3.05) is 46.6 Å². The Hall–Kier alpha value is -3.75. The molecule has 0 unspecified atom stereocenters. The van der Waals surface area contributed by atoms with Crippen LogP contribution in [-0.4, -0.2) is 81.5 Å². The Labute approximate surface area is 236 Å². The summed E-state index contributed by atoms with van der Waals surface area (Å²) >= 11 is 5.89. The zero-order chi connectivity index (χ0) is 28.4. The van der Waals surface area contributed by atoms with Crippen molar-refractivity contribution in [2.24, 2.45) is 17.2 Å². The van der Waals surface area contributed by atoms with Crippen LogP contribution in [0.2, 0.25) is 5.02 Å². The summed E-state index contributed by atoms with van der Waals surface area (Å²) in [4.78, 5) is 30.1. The van der Waals surface area contributed by atoms with Crippen LogP contribution in [0.3, 0.4) is 0 Å².